The van der Waals surface area contributed by atoms with Gasteiger partial charge < -0.3 is 9.94 Å². The molecule has 0 aliphatic carbocycles. The van der Waals surface area contributed by atoms with Gasteiger partial charge in [-0.15, -0.1) is 9.94 Å². The van der Waals surface area contributed by atoms with Crippen molar-refractivity contribution in [3.63, 3.8) is 0 Å². The number of nitrogens with zero attached hydrogens (tertiary/aromatic N) is 6. The normalized spacial score (nSPS) is 11.2. The zero-order chi connectivity index (χ0) is 18.0. The minimum Gasteiger partial charge on any atom is -0.434 e. The Bertz CT molecular complexity index is 938. The third-order valence-electron chi connectivity index (χ3n) is 3.19. The number of aryl methyl sites for hydroxylation is 1. The molecule has 0 bridgehead atoms. The van der Waals surface area contributed by atoms with Crippen LogP contribution in [0.5, 0.6) is 5.75 Å². The Labute approximate surface area is 143 Å². The molecule has 0 amide bonds. The second-order valence-corrected chi connectivity index (χ2v) is 5.79. The van der Waals surface area contributed by atoms with Gasteiger partial charge in [0.25, 0.3) is 0 Å². The van der Waals surface area contributed by atoms with Crippen molar-refractivity contribution in [3.8, 4) is 11.4 Å². The van der Waals surface area contributed by atoms with E-state index in [2.05, 4.69) is 20.3 Å². The average Bonchev–Trinajstić information content (AvgIpc) is 3.12. The average molecular weight is 370 g/mol. The predicted molar refractivity (Wildman–Crippen MR) is 82.2 cm³/mol. The first-order chi connectivity index (χ1) is 12.0. The molecule has 132 valence electrons. The van der Waals surface area contributed by atoms with Crippen LogP contribution in [0.4, 0.5) is 8.78 Å². The van der Waals surface area contributed by atoms with Crippen molar-refractivity contribution in [1.82, 2.24) is 29.7 Å². The van der Waals surface area contributed by atoms with Crippen molar-refractivity contribution in [2.24, 2.45) is 7.05 Å². The number of halogens is 2. The van der Waals surface area contributed by atoms with E-state index >= 15 is 0 Å². The number of rotatable bonds is 6. The number of thioether (sulfide) groups is 1. The van der Waals surface area contributed by atoms with Crippen LogP contribution in [-0.2, 0) is 12.8 Å². The lowest BCUT2D eigenvalue weighted by atomic mass is 10.2. The van der Waals surface area contributed by atoms with E-state index in [1.54, 1.807) is 12.1 Å². The van der Waals surface area contributed by atoms with Crippen LogP contribution < -0.4 is 10.4 Å². The molecule has 1 N–H and O–H groups in total. The van der Waals surface area contributed by atoms with Gasteiger partial charge in [-0.1, -0.05) is 17.8 Å². The molecule has 2 aromatic heterocycles. The first kappa shape index (κ1) is 17.0. The molecule has 0 atom stereocenters. The minimum absolute atomic E-state index is 0.0824. The van der Waals surface area contributed by atoms with Crippen molar-refractivity contribution in [1.29, 1.82) is 0 Å². The van der Waals surface area contributed by atoms with Gasteiger partial charge in [0.2, 0.25) is 0 Å². The van der Waals surface area contributed by atoms with E-state index in [9.17, 15) is 18.8 Å². The molecule has 0 radical (unpaired) electrons. The first-order valence-corrected chi connectivity index (χ1v) is 7.88. The van der Waals surface area contributed by atoms with Crippen molar-refractivity contribution in [2.75, 3.05) is 0 Å². The molecule has 0 saturated heterocycles. The fourth-order valence-electron chi connectivity index (χ4n) is 2.09. The monoisotopic (exact) mass is 370 g/mol. The van der Waals surface area contributed by atoms with Crippen molar-refractivity contribution >= 4 is 11.8 Å². The lowest BCUT2D eigenvalue weighted by Gasteiger charge is -2.13. The highest BCUT2D eigenvalue weighted by Crippen LogP contribution is 2.32. The Morgan fingerprint density at radius 3 is 2.72 bits per heavy atom. The molecular formula is C13H12F2N6O3S. The molecule has 12 heteroatoms. The van der Waals surface area contributed by atoms with E-state index in [4.69, 9.17) is 0 Å². The molecule has 0 saturated carbocycles. The van der Waals surface area contributed by atoms with Crippen LogP contribution in [0.1, 0.15) is 5.56 Å². The molecule has 3 rings (SSSR count). The summed E-state index contributed by atoms with van der Waals surface area (Å²) in [5.74, 6) is 0.0686. The van der Waals surface area contributed by atoms with Crippen molar-refractivity contribution < 1.29 is 18.7 Å². The second kappa shape index (κ2) is 6.93. The fourth-order valence-corrected chi connectivity index (χ4v) is 2.97. The zero-order valence-corrected chi connectivity index (χ0v) is 13.6. The maximum Gasteiger partial charge on any atom is 0.387 e. The number of hydrogen-bond acceptors (Lipinski definition) is 7. The van der Waals surface area contributed by atoms with Gasteiger partial charge in [0.15, 0.2) is 0 Å². The van der Waals surface area contributed by atoms with Crippen LogP contribution in [0.2, 0.25) is 0 Å². The topological polar surface area (TPSA) is 100.0 Å². The van der Waals surface area contributed by atoms with E-state index < -0.39 is 12.3 Å². The predicted octanol–water partition coefficient (Wildman–Crippen LogP) is 1.29. The fraction of sp³-hybridized carbons (Fsp3) is 0.231. The molecule has 1 aromatic carbocycles. The lowest BCUT2D eigenvalue weighted by molar-refractivity contribution is -0.0503. The van der Waals surface area contributed by atoms with E-state index in [0.717, 1.165) is 9.36 Å². The zero-order valence-electron chi connectivity index (χ0n) is 12.8. The van der Waals surface area contributed by atoms with Gasteiger partial charge in [0.05, 0.1) is 11.9 Å². The second-order valence-electron chi connectivity index (χ2n) is 4.79. The molecule has 9 nitrogen and oxygen atoms in total. The summed E-state index contributed by atoms with van der Waals surface area (Å²) in [5.41, 5.74) is 0.0650. The summed E-state index contributed by atoms with van der Waals surface area (Å²) in [6.45, 7) is -3.02. The lowest BCUT2D eigenvalue weighted by Crippen LogP contribution is -2.23. The van der Waals surface area contributed by atoms with E-state index in [0.29, 0.717) is 15.4 Å². The largest absolute Gasteiger partial charge is 0.434 e. The van der Waals surface area contributed by atoms with Gasteiger partial charge in [-0.25, -0.2) is 4.79 Å². The van der Waals surface area contributed by atoms with Crippen LogP contribution in [0.3, 0.4) is 0 Å². The first-order valence-electron chi connectivity index (χ1n) is 6.89. The summed E-state index contributed by atoms with van der Waals surface area (Å²) in [6.07, 6.45) is 1.33. The number of ether oxygens (including phenoxy) is 1. The molecule has 0 aliphatic heterocycles. The van der Waals surface area contributed by atoms with E-state index in [1.807, 2.05) is 0 Å². The molecule has 0 unspecified atom stereocenters. The number of hydrogen-bond donors (Lipinski definition) is 1. The Balaban J connectivity index is 2.01. The molecule has 25 heavy (non-hydrogen) atoms. The minimum atomic E-state index is -3.02. The van der Waals surface area contributed by atoms with Crippen molar-refractivity contribution in [2.45, 2.75) is 17.4 Å². The Kier molecular flexibility index (Phi) is 4.70. The summed E-state index contributed by atoms with van der Waals surface area (Å²) in [4.78, 5) is 12.7. The van der Waals surface area contributed by atoms with E-state index in [-0.39, 0.29) is 17.2 Å². The van der Waals surface area contributed by atoms with Crippen LogP contribution in [0, 0.1) is 0 Å². The third kappa shape index (κ3) is 3.63. The molecule has 2 heterocycles. The number of alkyl halides is 2. The van der Waals surface area contributed by atoms with Crippen molar-refractivity contribution in [3.05, 3.63) is 46.5 Å². The van der Waals surface area contributed by atoms with Gasteiger partial charge in [0.1, 0.15) is 10.8 Å². The third-order valence-corrected chi connectivity index (χ3v) is 4.14. The van der Waals surface area contributed by atoms with Crippen LogP contribution >= 0.6 is 11.8 Å². The maximum absolute atomic E-state index is 12.7. The Hall–Kier alpha value is -2.89. The van der Waals surface area contributed by atoms with Gasteiger partial charge in [-0.05, 0) is 28.6 Å². The van der Waals surface area contributed by atoms with Gasteiger partial charge in [-0.3, -0.25) is 0 Å². The molecular weight excluding hydrogens is 358 g/mol. The summed E-state index contributed by atoms with van der Waals surface area (Å²) < 4.78 is 32.0. The Morgan fingerprint density at radius 1 is 1.32 bits per heavy atom. The number of aromatic nitrogens is 6. The standard InChI is InChI=1S/C13H12F2N6O3S/c1-19-13(22)21(18-17-19)9-3-2-4-10(24-12(14)15)8(9)7-25-11-5-6-20(23)16-11/h2-6,12,23H,7H2,1H3. The number of benzene rings is 1. The molecule has 0 spiro atoms. The summed E-state index contributed by atoms with van der Waals surface area (Å²) >= 11 is 1.17. The molecule has 0 fully saturated rings. The highest BCUT2D eigenvalue weighted by Gasteiger charge is 2.18. The number of tetrazole rings is 1. The molecule has 0 aliphatic rings. The van der Waals surface area contributed by atoms with Crippen LogP contribution in [-0.4, -0.2) is 41.6 Å². The molecule has 3 aromatic rings. The summed E-state index contributed by atoms with van der Waals surface area (Å²) in [6, 6.07) is 5.95. The summed E-state index contributed by atoms with van der Waals surface area (Å²) in [7, 11) is 1.42. The maximum atomic E-state index is 12.7. The van der Waals surface area contributed by atoms with Gasteiger partial charge in [0, 0.05) is 18.4 Å². The van der Waals surface area contributed by atoms with Crippen LogP contribution in [0.15, 0.2) is 40.3 Å². The smallest absolute Gasteiger partial charge is 0.387 e. The van der Waals surface area contributed by atoms with Gasteiger partial charge >= 0.3 is 12.3 Å². The SMILES string of the molecule is Cn1nnn(-c2cccc(OC(F)F)c2CSc2ccn(O)n2)c1=O. The van der Waals surface area contributed by atoms with Crippen LogP contribution in [0.25, 0.3) is 5.69 Å². The highest BCUT2D eigenvalue weighted by molar-refractivity contribution is 7.98. The highest BCUT2D eigenvalue weighted by atomic mass is 32.2. The quantitative estimate of drug-likeness (QED) is 0.515. The van der Waals surface area contributed by atoms with Gasteiger partial charge in [-0.2, -0.15) is 18.1 Å². The Morgan fingerprint density at radius 2 is 2.12 bits per heavy atom. The summed E-state index contributed by atoms with van der Waals surface area (Å²) in [5, 5.41) is 20.8. The van der Waals surface area contributed by atoms with E-state index in [1.165, 1.54) is 37.1 Å².